The lowest BCUT2D eigenvalue weighted by Crippen LogP contribution is -2.36. The Hall–Kier alpha value is -1.53. The second-order valence-electron chi connectivity index (χ2n) is 4.20. The highest BCUT2D eigenvalue weighted by atomic mass is 19.3. The molecule has 20 heavy (non-hydrogen) atoms. The van der Waals surface area contributed by atoms with Gasteiger partial charge in [0.05, 0.1) is 31.9 Å². The number of ether oxygens (including phenoxy) is 1. The Bertz CT molecular complexity index is 427. The van der Waals surface area contributed by atoms with Crippen LogP contribution in [0.4, 0.5) is 8.78 Å². The molecule has 0 spiro atoms. The summed E-state index contributed by atoms with van der Waals surface area (Å²) >= 11 is 0. The molecule has 112 valence electrons. The maximum Gasteiger partial charge on any atom is 0.251 e. The average Bonchev–Trinajstić information content (AvgIpc) is 2.39. The van der Waals surface area contributed by atoms with Crippen molar-refractivity contribution in [1.29, 1.82) is 0 Å². The van der Waals surface area contributed by atoms with Crippen LogP contribution in [-0.4, -0.2) is 55.1 Å². The van der Waals surface area contributed by atoms with Crippen molar-refractivity contribution >= 4 is 5.78 Å². The van der Waals surface area contributed by atoms with Gasteiger partial charge in [-0.1, -0.05) is 12.1 Å². The molecule has 0 aliphatic rings. The Morgan fingerprint density at radius 1 is 1.40 bits per heavy atom. The van der Waals surface area contributed by atoms with E-state index in [9.17, 15) is 13.6 Å². The first-order valence-corrected chi connectivity index (χ1v) is 6.44. The lowest BCUT2D eigenvalue weighted by Gasteiger charge is -2.20. The number of hydrogen-bond acceptors (Lipinski definition) is 4. The molecule has 4 nitrogen and oxygen atoms in total. The number of benzene rings is 1. The van der Waals surface area contributed by atoms with Gasteiger partial charge in [0.2, 0.25) is 0 Å². The number of para-hydroxylation sites is 1. The minimum atomic E-state index is -2.54. The Kier molecular flexibility index (Phi) is 7.11. The maximum atomic E-state index is 12.4. The largest absolute Gasteiger partial charge is 0.493 e. The van der Waals surface area contributed by atoms with Crippen LogP contribution >= 0.6 is 0 Å². The minimum absolute atomic E-state index is 0.0346. The van der Waals surface area contributed by atoms with Gasteiger partial charge in [-0.05, 0) is 19.1 Å². The van der Waals surface area contributed by atoms with Crippen molar-refractivity contribution in [3.8, 4) is 5.75 Å². The number of alkyl halides is 2. The first-order valence-electron chi connectivity index (χ1n) is 6.44. The monoisotopic (exact) mass is 287 g/mol. The van der Waals surface area contributed by atoms with E-state index in [1.807, 2.05) is 0 Å². The number of nitrogens with zero attached hydrogens (tertiary/aromatic N) is 1. The summed E-state index contributed by atoms with van der Waals surface area (Å²) in [6.45, 7) is 1.27. The van der Waals surface area contributed by atoms with E-state index in [2.05, 4.69) is 0 Å². The molecule has 1 aromatic rings. The summed E-state index contributed by atoms with van der Waals surface area (Å²) in [5.74, 6) is 0.143. The normalized spacial score (nSPS) is 11.1. The summed E-state index contributed by atoms with van der Waals surface area (Å²) in [6.07, 6.45) is -2.54. The maximum absolute atomic E-state index is 12.4. The highest BCUT2D eigenvalue weighted by molar-refractivity contribution is 6.00. The smallest absolute Gasteiger partial charge is 0.251 e. The fourth-order valence-corrected chi connectivity index (χ4v) is 1.84. The average molecular weight is 287 g/mol. The van der Waals surface area contributed by atoms with E-state index in [1.54, 1.807) is 31.2 Å². The van der Waals surface area contributed by atoms with Crippen LogP contribution < -0.4 is 4.74 Å². The zero-order chi connectivity index (χ0) is 15.0. The van der Waals surface area contributed by atoms with E-state index in [0.717, 1.165) is 0 Å². The van der Waals surface area contributed by atoms with Crippen LogP contribution in [0.5, 0.6) is 5.75 Å². The molecule has 0 bridgehead atoms. The zero-order valence-electron chi connectivity index (χ0n) is 11.4. The molecular formula is C14H19F2NO3. The number of ketones is 1. The van der Waals surface area contributed by atoms with Crippen LogP contribution in [0.2, 0.25) is 0 Å². The molecule has 0 amide bonds. The lowest BCUT2D eigenvalue weighted by atomic mass is 10.1. The Morgan fingerprint density at radius 3 is 2.70 bits per heavy atom. The van der Waals surface area contributed by atoms with Crippen LogP contribution in [0.15, 0.2) is 24.3 Å². The molecule has 0 atom stereocenters. The minimum Gasteiger partial charge on any atom is -0.493 e. The van der Waals surface area contributed by atoms with E-state index in [4.69, 9.17) is 9.84 Å². The number of hydrogen-bond donors (Lipinski definition) is 1. The van der Waals surface area contributed by atoms with Crippen LogP contribution in [0.3, 0.4) is 0 Å². The molecule has 6 heteroatoms. The van der Waals surface area contributed by atoms with Gasteiger partial charge >= 0.3 is 0 Å². The van der Waals surface area contributed by atoms with E-state index in [-0.39, 0.29) is 25.5 Å². The van der Waals surface area contributed by atoms with Crippen molar-refractivity contribution in [2.24, 2.45) is 0 Å². The lowest BCUT2D eigenvalue weighted by molar-refractivity contribution is 0.0687. The molecule has 0 radical (unpaired) electrons. The highest BCUT2D eigenvalue weighted by Gasteiger charge is 2.18. The SMILES string of the molecule is CCOc1ccccc1C(=O)CN(CCO)CC(F)F. The second-order valence-corrected chi connectivity index (χ2v) is 4.20. The summed E-state index contributed by atoms with van der Waals surface area (Å²) in [4.78, 5) is 13.4. The van der Waals surface area contributed by atoms with Crippen LogP contribution in [0.1, 0.15) is 17.3 Å². The molecule has 1 aromatic carbocycles. The highest BCUT2D eigenvalue weighted by Crippen LogP contribution is 2.19. The molecule has 0 fully saturated rings. The summed E-state index contributed by atoms with van der Waals surface area (Å²) in [5, 5.41) is 8.85. The van der Waals surface area contributed by atoms with Crippen molar-refractivity contribution < 1.29 is 23.4 Å². The van der Waals surface area contributed by atoms with Gasteiger partial charge in [0, 0.05) is 6.54 Å². The number of carbonyl (C=O) groups excluding carboxylic acids is 1. The van der Waals surface area contributed by atoms with Gasteiger partial charge in [-0.15, -0.1) is 0 Å². The molecule has 0 aliphatic carbocycles. The number of Topliss-reactive ketones (excluding diaryl/α,β-unsaturated/α-hetero) is 1. The molecule has 0 aliphatic heterocycles. The van der Waals surface area contributed by atoms with Crippen molar-refractivity contribution in [3.05, 3.63) is 29.8 Å². The summed E-state index contributed by atoms with van der Waals surface area (Å²) in [7, 11) is 0. The summed E-state index contributed by atoms with van der Waals surface area (Å²) < 4.78 is 30.1. The fourth-order valence-electron chi connectivity index (χ4n) is 1.84. The third-order valence-corrected chi connectivity index (χ3v) is 2.67. The van der Waals surface area contributed by atoms with Gasteiger partial charge < -0.3 is 9.84 Å². The molecular weight excluding hydrogens is 268 g/mol. The third-order valence-electron chi connectivity index (χ3n) is 2.67. The van der Waals surface area contributed by atoms with Gasteiger partial charge in [0.25, 0.3) is 6.43 Å². The number of rotatable bonds is 9. The molecule has 0 heterocycles. The quantitative estimate of drug-likeness (QED) is 0.704. The van der Waals surface area contributed by atoms with Gasteiger partial charge in [0.1, 0.15) is 5.75 Å². The molecule has 0 saturated carbocycles. The third kappa shape index (κ3) is 5.22. The standard InChI is InChI=1S/C14H19F2NO3/c1-2-20-13-6-4-3-5-11(13)12(19)9-17(7-8-18)10-14(15)16/h3-6,14,18H,2,7-10H2,1H3. The molecule has 0 saturated heterocycles. The number of halogens is 2. The zero-order valence-corrected chi connectivity index (χ0v) is 11.4. The number of aliphatic hydroxyl groups excluding tert-OH is 1. The Balaban J connectivity index is 2.77. The van der Waals surface area contributed by atoms with Crippen LogP contribution in [0.25, 0.3) is 0 Å². The fraction of sp³-hybridized carbons (Fsp3) is 0.500. The van der Waals surface area contributed by atoms with Crippen molar-refractivity contribution in [1.82, 2.24) is 4.90 Å². The Morgan fingerprint density at radius 2 is 2.10 bits per heavy atom. The van der Waals surface area contributed by atoms with Crippen LogP contribution in [0, 0.1) is 0 Å². The van der Waals surface area contributed by atoms with Gasteiger partial charge in [0.15, 0.2) is 5.78 Å². The van der Waals surface area contributed by atoms with Gasteiger partial charge in [-0.3, -0.25) is 9.69 Å². The molecule has 1 N–H and O–H groups in total. The molecule has 0 aromatic heterocycles. The topological polar surface area (TPSA) is 49.8 Å². The van der Waals surface area contributed by atoms with Gasteiger partial charge in [-0.2, -0.15) is 0 Å². The molecule has 1 rings (SSSR count). The van der Waals surface area contributed by atoms with Gasteiger partial charge in [-0.25, -0.2) is 8.78 Å². The van der Waals surface area contributed by atoms with Crippen molar-refractivity contribution in [2.75, 3.05) is 32.8 Å². The van der Waals surface area contributed by atoms with Crippen molar-refractivity contribution in [2.45, 2.75) is 13.3 Å². The summed E-state index contributed by atoms with van der Waals surface area (Å²) in [5.41, 5.74) is 0.367. The number of carbonyl (C=O) groups is 1. The van der Waals surface area contributed by atoms with E-state index < -0.39 is 13.0 Å². The predicted molar refractivity (Wildman–Crippen MR) is 71.5 cm³/mol. The summed E-state index contributed by atoms with van der Waals surface area (Å²) in [6, 6.07) is 6.71. The van der Waals surface area contributed by atoms with Crippen molar-refractivity contribution in [3.63, 3.8) is 0 Å². The first-order chi connectivity index (χ1) is 9.58. The van der Waals surface area contributed by atoms with E-state index >= 15 is 0 Å². The predicted octanol–water partition coefficient (Wildman–Crippen LogP) is 1.83. The Labute approximate surface area is 117 Å². The first kappa shape index (κ1) is 16.5. The number of aliphatic hydroxyl groups is 1. The second kappa shape index (κ2) is 8.60. The van der Waals surface area contributed by atoms with E-state index in [1.165, 1.54) is 4.90 Å². The molecule has 0 unspecified atom stereocenters. The van der Waals surface area contributed by atoms with E-state index in [0.29, 0.717) is 17.9 Å². The van der Waals surface area contributed by atoms with Crippen LogP contribution in [-0.2, 0) is 0 Å².